The lowest BCUT2D eigenvalue weighted by molar-refractivity contribution is -0.123. The van der Waals surface area contributed by atoms with Gasteiger partial charge in [0, 0.05) is 31.9 Å². The molecule has 1 amide bonds. The summed E-state index contributed by atoms with van der Waals surface area (Å²) in [4.78, 5) is 13.9. The van der Waals surface area contributed by atoms with E-state index in [1.165, 1.54) is 5.56 Å². The van der Waals surface area contributed by atoms with Crippen molar-refractivity contribution in [3.05, 3.63) is 35.9 Å². The number of carbonyl (C=O) groups is 1. The van der Waals surface area contributed by atoms with E-state index >= 15 is 0 Å². The minimum Gasteiger partial charge on any atom is -0.390 e. The van der Waals surface area contributed by atoms with Crippen molar-refractivity contribution in [3.63, 3.8) is 0 Å². The number of alkyl halides is 1. The number of amides is 1. The van der Waals surface area contributed by atoms with Crippen molar-refractivity contribution < 1.29 is 9.90 Å². The van der Waals surface area contributed by atoms with Crippen LogP contribution in [0.5, 0.6) is 0 Å². The molecule has 1 aromatic rings. The van der Waals surface area contributed by atoms with E-state index in [-0.39, 0.29) is 11.9 Å². The molecule has 1 heterocycles. The lowest BCUT2D eigenvalue weighted by atomic mass is 10.0. The van der Waals surface area contributed by atoms with E-state index < -0.39 is 6.10 Å². The number of rotatable bonds is 6. The van der Waals surface area contributed by atoms with Crippen LogP contribution in [0.4, 0.5) is 0 Å². The molecule has 0 bridgehead atoms. The van der Waals surface area contributed by atoms with Crippen molar-refractivity contribution in [2.45, 2.75) is 38.0 Å². The average Bonchev–Trinajstić information content (AvgIpc) is 2.49. The Balaban J connectivity index is 1.78. The Hall–Kier alpha value is -1.10. The predicted molar refractivity (Wildman–Crippen MR) is 84.2 cm³/mol. The maximum absolute atomic E-state index is 11.7. The van der Waals surface area contributed by atoms with Gasteiger partial charge in [-0.1, -0.05) is 30.3 Å². The highest BCUT2D eigenvalue weighted by Crippen LogP contribution is 2.14. The first-order valence-corrected chi connectivity index (χ1v) is 8.02. The zero-order valence-corrected chi connectivity index (χ0v) is 12.9. The lowest BCUT2D eigenvalue weighted by Gasteiger charge is -2.36. The van der Waals surface area contributed by atoms with Crippen molar-refractivity contribution in [1.29, 1.82) is 0 Å². The topological polar surface area (TPSA) is 52.6 Å². The molecule has 0 aromatic heterocycles. The number of benzene rings is 1. The first-order chi connectivity index (χ1) is 10.2. The molecule has 116 valence electrons. The fraction of sp³-hybridized carbons (Fsp3) is 0.562. The summed E-state index contributed by atoms with van der Waals surface area (Å²) in [5.74, 6) is 0.474. The monoisotopic (exact) mass is 310 g/mol. The van der Waals surface area contributed by atoms with Crippen LogP contribution in [0.25, 0.3) is 0 Å². The lowest BCUT2D eigenvalue weighted by Crippen LogP contribution is -2.53. The molecule has 1 saturated heterocycles. The Morgan fingerprint density at radius 3 is 2.81 bits per heavy atom. The Kier molecular flexibility index (Phi) is 6.49. The molecule has 2 N–H and O–H groups in total. The van der Waals surface area contributed by atoms with Crippen LogP contribution in [-0.4, -0.2) is 47.0 Å². The van der Waals surface area contributed by atoms with E-state index in [1.54, 1.807) is 0 Å². The van der Waals surface area contributed by atoms with Gasteiger partial charge < -0.3 is 10.4 Å². The molecule has 21 heavy (non-hydrogen) atoms. The maximum atomic E-state index is 11.7. The fourth-order valence-corrected chi connectivity index (χ4v) is 2.79. The largest absolute Gasteiger partial charge is 0.390 e. The van der Waals surface area contributed by atoms with Crippen molar-refractivity contribution in [2.75, 3.05) is 19.0 Å². The van der Waals surface area contributed by atoms with Crippen molar-refractivity contribution in [1.82, 2.24) is 10.2 Å². The third kappa shape index (κ3) is 5.30. The molecular weight excluding hydrogens is 288 g/mol. The van der Waals surface area contributed by atoms with Crippen molar-refractivity contribution >= 4 is 17.5 Å². The molecule has 0 spiro atoms. The van der Waals surface area contributed by atoms with Gasteiger partial charge in [0.2, 0.25) is 5.91 Å². The van der Waals surface area contributed by atoms with Crippen LogP contribution in [0.15, 0.2) is 30.3 Å². The van der Waals surface area contributed by atoms with Gasteiger partial charge in [-0.3, -0.25) is 9.69 Å². The van der Waals surface area contributed by atoms with Gasteiger partial charge in [0.25, 0.3) is 0 Å². The maximum Gasteiger partial charge on any atom is 0.220 e. The molecule has 5 heteroatoms. The number of nitrogens with zero attached hydrogens (tertiary/aromatic N) is 1. The highest BCUT2D eigenvalue weighted by Gasteiger charge is 2.28. The van der Waals surface area contributed by atoms with E-state index in [4.69, 9.17) is 11.6 Å². The number of likely N-dealkylation sites (tertiary alicyclic amines) is 1. The molecule has 2 rings (SSSR count). The van der Waals surface area contributed by atoms with Gasteiger partial charge in [-0.25, -0.2) is 0 Å². The number of β-amino-alcohol motifs (C(OH)–C–C–N with tert-alkyl or cyclic N) is 1. The number of nitrogens with one attached hydrogen (secondary N) is 1. The summed E-state index contributed by atoms with van der Waals surface area (Å²) in [7, 11) is 0. The molecule has 0 unspecified atom stereocenters. The van der Waals surface area contributed by atoms with Crippen LogP contribution >= 0.6 is 11.6 Å². The van der Waals surface area contributed by atoms with E-state index in [1.807, 2.05) is 18.2 Å². The summed E-state index contributed by atoms with van der Waals surface area (Å²) < 4.78 is 0. The van der Waals surface area contributed by atoms with E-state index in [0.717, 1.165) is 19.5 Å². The van der Waals surface area contributed by atoms with Crippen molar-refractivity contribution in [3.8, 4) is 0 Å². The molecule has 0 radical (unpaired) electrons. The van der Waals surface area contributed by atoms with Crippen LogP contribution in [0.3, 0.4) is 0 Å². The summed E-state index contributed by atoms with van der Waals surface area (Å²) >= 11 is 5.58. The van der Waals surface area contributed by atoms with Gasteiger partial charge in [0.15, 0.2) is 0 Å². The zero-order chi connectivity index (χ0) is 15.1. The van der Waals surface area contributed by atoms with Gasteiger partial charge in [0.05, 0.1) is 12.1 Å². The second kappa shape index (κ2) is 8.37. The molecule has 2 atom stereocenters. The summed E-state index contributed by atoms with van der Waals surface area (Å²) in [5.41, 5.74) is 1.24. The van der Waals surface area contributed by atoms with Crippen LogP contribution < -0.4 is 5.32 Å². The predicted octanol–water partition coefficient (Wildman–Crippen LogP) is 1.76. The van der Waals surface area contributed by atoms with Crippen LogP contribution in [0.2, 0.25) is 0 Å². The Bertz CT molecular complexity index is 441. The minimum absolute atomic E-state index is 0.0174. The summed E-state index contributed by atoms with van der Waals surface area (Å²) in [6.07, 6.45) is 1.37. The summed E-state index contributed by atoms with van der Waals surface area (Å²) in [6.45, 7) is 2.31. The smallest absolute Gasteiger partial charge is 0.220 e. The van der Waals surface area contributed by atoms with Gasteiger partial charge in [0.1, 0.15) is 0 Å². The third-order valence-electron chi connectivity index (χ3n) is 3.80. The highest BCUT2D eigenvalue weighted by molar-refractivity contribution is 6.17. The normalized spacial score (nSPS) is 23.0. The first kappa shape index (κ1) is 16.3. The number of halogens is 1. The summed E-state index contributed by atoms with van der Waals surface area (Å²) in [6, 6.07) is 10.1. The molecule has 1 aromatic carbocycles. The minimum atomic E-state index is -0.512. The van der Waals surface area contributed by atoms with Gasteiger partial charge in [-0.15, -0.1) is 11.6 Å². The molecule has 1 aliphatic heterocycles. The summed E-state index contributed by atoms with van der Waals surface area (Å²) in [5, 5.41) is 13.1. The van der Waals surface area contributed by atoms with E-state index in [0.29, 0.717) is 25.3 Å². The molecule has 0 saturated carbocycles. The van der Waals surface area contributed by atoms with Crippen LogP contribution in [0, 0.1) is 0 Å². The fourth-order valence-electron chi connectivity index (χ4n) is 2.66. The standard InChI is InChI=1S/C16H23ClN2O2/c17-9-4-7-16(21)18-14-8-10-19(12-15(14)20)11-13-5-2-1-3-6-13/h1-3,5-6,14-15,20H,4,7-12H2,(H,18,21)/t14-,15-/m0/s1. The quantitative estimate of drug-likeness (QED) is 0.787. The third-order valence-corrected chi connectivity index (χ3v) is 4.07. The van der Waals surface area contributed by atoms with Crippen LogP contribution in [0.1, 0.15) is 24.8 Å². The number of hydrogen-bond acceptors (Lipinski definition) is 3. The van der Waals surface area contributed by atoms with Crippen LogP contribution in [-0.2, 0) is 11.3 Å². The number of aliphatic hydroxyl groups excluding tert-OH is 1. The Labute approximate surface area is 131 Å². The zero-order valence-electron chi connectivity index (χ0n) is 12.2. The SMILES string of the molecule is O=C(CCCCl)N[C@H]1CCN(Cc2ccccc2)C[C@@H]1O. The number of carbonyl (C=O) groups excluding carboxylic acids is 1. The van der Waals surface area contributed by atoms with Gasteiger partial charge in [-0.2, -0.15) is 0 Å². The van der Waals surface area contributed by atoms with E-state index in [9.17, 15) is 9.90 Å². The Morgan fingerprint density at radius 2 is 2.14 bits per heavy atom. The first-order valence-electron chi connectivity index (χ1n) is 7.48. The van der Waals surface area contributed by atoms with Gasteiger partial charge in [-0.05, 0) is 18.4 Å². The molecule has 0 aliphatic carbocycles. The second-order valence-corrected chi connectivity index (χ2v) is 5.92. The van der Waals surface area contributed by atoms with Crippen molar-refractivity contribution in [2.24, 2.45) is 0 Å². The molecular formula is C16H23ClN2O2. The van der Waals surface area contributed by atoms with Gasteiger partial charge >= 0.3 is 0 Å². The highest BCUT2D eigenvalue weighted by atomic mass is 35.5. The molecule has 1 fully saturated rings. The number of hydrogen-bond donors (Lipinski definition) is 2. The molecule has 4 nitrogen and oxygen atoms in total. The molecule has 1 aliphatic rings. The number of aliphatic hydroxyl groups is 1. The average molecular weight is 311 g/mol. The number of piperidine rings is 1. The second-order valence-electron chi connectivity index (χ2n) is 5.54. The van der Waals surface area contributed by atoms with E-state index in [2.05, 4.69) is 22.3 Å². The Morgan fingerprint density at radius 1 is 1.38 bits per heavy atom.